The third kappa shape index (κ3) is 3.74. The summed E-state index contributed by atoms with van der Waals surface area (Å²) in [6.45, 7) is 4.17. The van der Waals surface area contributed by atoms with Gasteiger partial charge < -0.3 is 10.1 Å². The van der Waals surface area contributed by atoms with Crippen molar-refractivity contribution in [2.45, 2.75) is 26.8 Å². The number of hydrogen-bond acceptors (Lipinski definition) is 5. The average molecular weight is 374 g/mol. The van der Waals surface area contributed by atoms with Gasteiger partial charge in [0.2, 0.25) is 0 Å². The van der Waals surface area contributed by atoms with Gasteiger partial charge in [0.15, 0.2) is 5.65 Å². The molecule has 0 aliphatic carbocycles. The summed E-state index contributed by atoms with van der Waals surface area (Å²) in [7, 11) is 1.78. The molecule has 0 aliphatic rings. The lowest BCUT2D eigenvalue weighted by Gasteiger charge is -2.13. The van der Waals surface area contributed by atoms with Crippen LogP contribution in [0.25, 0.3) is 11.0 Å². The maximum Gasteiger partial charge on any atom is 0.341 e. The molecule has 0 aliphatic heterocycles. The number of carbonyl (C=O) groups is 1. The zero-order valence-electron chi connectivity index (χ0n) is 15.3. The molecule has 3 aromatic rings. The van der Waals surface area contributed by atoms with Crippen molar-refractivity contribution in [3.8, 4) is 0 Å². The minimum Gasteiger partial charge on any atom is -0.462 e. The van der Waals surface area contributed by atoms with Crippen LogP contribution < -0.4 is 5.32 Å². The Morgan fingerprint density at radius 1 is 1.30 bits per heavy atom. The molecule has 0 saturated carbocycles. The van der Waals surface area contributed by atoms with E-state index in [1.807, 2.05) is 6.92 Å². The first-order valence-corrected chi connectivity index (χ1v) is 8.52. The smallest absolute Gasteiger partial charge is 0.341 e. The van der Waals surface area contributed by atoms with Gasteiger partial charge in [-0.15, -0.1) is 0 Å². The van der Waals surface area contributed by atoms with Crippen LogP contribution in [0.15, 0.2) is 30.5 Å². The number of pyridine rings is 1. The molecule has 27 heavy (non-hydrogen) atoms. The van der Waals surface area contributed by atoms with E-state index in [0.29, 0.717) is 23.4 Å². The van der Waals surface area contributed by atoms with Crippen molar-refractivity contribution >= 4 is 22.7 Å². The Labute approximate surface area is 155 Å². The first-order chi connectivity index (χ1) is 12.9. The summed E-state index contributed by atoms with van der Waals surface area (Å²) in [5.74, 6) is -0.481. The summed E-state index contributed by atoms with van der Waals surface area (Å²) in [5.41, 5.74) is 3.02. The zero-order valence-corrected chi connectivity index (χ0v) is 15.3. The minimum absolute atomic E-state index is 0.0274. The third-order valence-corrected chi connectivity index (χ3v) is 4.22. The highest BCUT2D eigenvalue weighted by Gasteiger charge is 2.20. The molecule has 8 heteroatoms. The molecule has 2 heterocycles. The van der Waals surface area contributed by atoms with Crippen LogP contribution in [0.5, 0.6) is 0 Å². The molecule has 3 rings (SSSR count). The Morgan fingerprint density at radius 3 is 2.63 bits per heavy atom. The number of aryl methyl sites for hydroxylation is 2. The van der Waals surface area contributed by atoms with E-state index in [4.69, 9.17) is 4.74 Å². The monoisotopic (exact) mass is 374 g/mol. The first kappa shape index (κ1) is 18.8. The summed E-state index contributed by atoms with van der Waals surface area (Å²) in [6, 6.07) is 6.05. The lowest BCUT2D eigenvalue weighted by molar-refractivity contribution is 0.0527. The van der Waals surface area contributed by atoms with E-state index in [1.165, 1.54) is 18.3 Å². The van der Waals surface area contributed by atoms with Gasteiger partial charge >= 0.3 is 5.97 Å². The van der Waals surface area contributed by atoms with Gasteiger partial charge in [0.05, 0.1) is 23.4 Å². The number of hydrogen-bond donors (Lipinski definition) is 1. The molecule has 1 N–H and O–H groups in total. The largest absolute Gasteiger partial charge is 0.462 e. The van der Waals surface area contributed by atoms with E-state index in [1.54, 1.807) is 30.8 Å². The predicted molar refractivity (Wildman–Crippen MR) is 97.9 cm³/mol. The fourth-order valence-electron chi connectivity index (χ4n) is 2.93. The number of aromatic nitrogens is 3. The molecule has 0 amide bonds. The zero-order chi connectivity index (χ0) is 19.6. The highest BCUT2D eigenvalue weighted by Crippen LogP contribution is 2.29. The molecule has 6 nitrogen and oxygen atoms in total. The number of rotatable bonds is 6. The van der Waals surface area contributed by atoms with Gasteiger partial charge in [-0.05, 0) is 19.4 Å². The second-order valence-electron chi connectivity index (χ2n) is 6.07. The average Bonchev–Trinajstić information content (AvgIpc) is 2.94. The van der Waals surface area contributed by atoms with Crippen LogP contribution in [0.4, 0.5) is 14.5 Å². The number of nitrogens with zero attached hydrogens (tertiary/aromatic N) is 3. The number of alkyl halides is 2. The standard InChI is InChI=1S/C19H20F2N4O2/c1-4-27-19(26)14-10-23-18-15(11(2)24-25(18)3)16(14)22-9-12-5-7-13(8-6-12)17(20)21/h5-8,10,17H,4,9H2,1-3H3,(H,22,23). The van der Waals surface area contributed by atoms with E-state index in [-0.39, 0.29) is 12.2 Å². The predicted octanol–water partition coefficient (Wildman–Crippen LogP) is 4.00. The van der Waals surface area contributed by atoms with Gasteiger partial charge in [0.1, 0.15) is 5.56 Å². The van der Waals surface area contributed by atoms with Crippen molar-refractivity contribution in [1.82, 2.24) is 14.8 Å². The second kappa shape index (κ2) is 7.69. The van der Waals surface area contributed by atoms with Crippen LogP contribution >= 0.6 is 0 Å². The van der Waals surface area contributed by atoms with Crippen molar-refractivity contribution in [3.05, 3.63) is 52.8 Å². The lowest BCUT2D eigenvalue weighted by Crippen LogP contribution is -2.11. The Balaban J connectivity index is 1.97. The molecule has 0 radical (unpaired) electrons. The fraction of sp³-hybridized carbons (Fsp3) is 0.316. The Hall–Kier alpha value is -3.03. The molecule has 0 fully saturated rings. The summed E-state index contributed by atoms with van der Waals surface area (Å²) in [5, 5.41) is 8.32. The van der Waals surface area contributed by atoms with E-state index >= 15 is 0 Å². The van der Waals surface area contributed by atoms with Gasteiger partial charge in [-0.1, -0.05) is 24.3 Å². The van der Waals surface area contributed by atoms with E-state index in [9.17, 15) is 13.6 Å². The van der Waals surface area contributed by atoms with Gasteiger partial charge in [0, 0.05) is 25.4 Å². The SMILES string of the molecule is CCOC(=O)c1cnc2c(c(C)nn2C)c1NCc1ccc(C(F)F)cc1. The Morgan fingerprint density at radius 2 is 2.00 bits per heavy atom. The topological polar surface area (TPSA) is 69.0 Å². The van der Waals surface area contributed by atoms with Gasteiger partial charge in [-0.3, -0.25) is 4.68 Å². The van der Waals surface area contributed by atoms with Crippen LogP contribution in [0, 0.1) is 6.92 Å². The number of esters is 1. The van der Waals surface area contributed by atoms with Gasteiger partial charge in [-0.25, -0.2) is 18.6 Å². The minimum atomic E-state index is -2.50. The molecule has 1 aromatic carbocycles. The summed E-state index contributed by atoms with van der Waals surface area (Å²) in [4.78, 5) is 16.7. The number of fused-ring (bicyclic) bond motifs is 1. The molecule has 2 aromatic heterocycles. The Bertz CT molecular complexity index is 968. The van der Waals surface area contributed by atoms with Crippen molar-refractivity contribution in [2.75, 3.05) is 11.9 Å². The number of anilines is 1. The van der Waals surface area contributed by atoms with Crippen molar-refractivity contribution in [2.24, 2.45) is 7.05 Å². The quantitative estimate of drug-likeness (QED) is 0.661. The molecule has 0 bridgehead atoms. The van der Waals surface area contributed by atoms with Crippen molar-refractivity contribution in [1.29, 1.82) is 0 Å². The molecule has 0 saturated heterocycles. The lowest BCUT2D eigenvalue weighted by atomic mass is 10.1. The normalized spacial score (nSPS) is 11.2. The molecule has 142 valence electrons. The van der Waals surface area contributed by atoms with Crippen LogP contribution in [0.2, 0.25) is 0 Å². The third-order valence-electron chi connectivity index (χ3n) is 4.22. The molecular weight excluding hydrogens is 354 g/mol. The maximum atomic E-state index is 12.7. The molecule has 0 atom stereocenters. The highest BCUT2D eigenvalue weighted by atomic mass is 19.3. The van der Waals surface area contributed by atoms with Crippen LogP contribution in [-0.2, 0) is 18.3 Å². The number of ether oxygens (including phenoxy) is 1. The van der Waals surface area contributed by atoms with Crippen molar-refractivity contribution in [3.63, 3.8) is 0 Å². The van der Waals surface area contributed by atoms with Gasteiger partial charge in [-0.2, -0.15) is 5.10 Å². The van der Waals surface area contributed by atoms with Crippen LogP contribution in [0.1, 0.15) is 40.5 Å². The fourth-order valence-corrected chi connectivity index (χ4v) is 2.93. The number of nitrogens with one attached hydrogen (secondary N) is 1. The number of carbonyl (C=O) groups excluding carboxylic acids is 1. The second-order valence-corrected chi connectivity index (χ2v) is 6.07. The first-order valence-electron chi connectivity index (χ1n) is 8.52. The summed E-state index contributed by atoms with van der Waals surface area (Å²) in [6.07, 6.45) is -1.04. The maximum absolute atomic E-state index is 12.7. The van der Waals surface area contributed by atoms with Crippen LogP contribution in [-0.4, -0.2) is 27.3 Å². The van der Waals surface area contributed by atoms with E-state index in [0.717, 1.165) is 16.6 Å². The van der Waals surface area contributed by atoms with Crippen molar-refractivity contribution < 1.29 is 18.3 Å². The molecule has 0 unspecified atom stereocenters. The number of halogens is 2. The van der Waals surface area contributed by atoms with Crippen LogP contribution in [0.3, 0.4) is 0 Å². The molecule has 0 spiro atoms. The summed E-state index contributed by atoms with van der Waals surface area (Å²) >= 11 is 0. The molecular formula is C19H20F2N4O2. The number of benzene rings is 1. The highest BCUT2D eigenvalue weighted by molar-refractivity contribution is 6.05. The Kier molecular flexibility index (Phi) is 5.34. The van der Waals surface area contributed by atoms with E-state index < -0.39 is 12.4 Å². The van der Waals surface area contributed by atoms with E-state index in [2.05, 4.69) is 15.4 Å². The summed E-state index contributed by atoms with van der Waals surface area (Å²) < 4.78 is 32.2. The van der Waals surface area contributed by atoms with Gasteiger partial charge in [0.25, 0.3) is 6.43 Å².